The van der Waals surface area contributed by atoms with E-state index < -0.39 is 15.9 Å². The molecule has 0 aromatic heterocycles. The van der Waals surface area contributed by atoms with Crippen LogP contribution in [0.4, 0.5) is 0 Å². The van der Waals surface area contributed by atoms with Crippen molar-refractivity contribution in [1.82, 2.24) is 5.32 Å². The molecule has 0 spiro atoms. The summed E-state index contributed by atoms with van der Waals surface area (Å²) in [5.41, 5.74) is 0. The minimum Gasteiger partial charge on any atom is -0.392 e. The van der Waals surface area contributed by atoms with Crippen LogP contribution in [0.5, 0.6) is 0 Å². The van der Waals surface area contributed by atoms with Crippen molar-refractivity contribution in [3.05, 3.63) is 0 Å². The highest BCUT2D eigenvalue weighted by atomic mass is 32.2. The smallest absolute Gasteiger partial charge is 0.148 e. The molecule has 0 aliphatic heterocycles. The maximum atomic E-state index is 10.6. The molecule has 0 rings (SSSR count). The molecule has 0 radical (unpaired) electrons. The number of aliphatic hydroxyl groups excluding tert-OH is 1. The second kappa shape index (κ2) is 4.69. The van der Waals surface area contributed by atoms with Crippen LogP contribution in [-0.2, 0) is 9.84 Å². The van der Waals surface area contributed by atoms with E-state index in [-0.39, 0.29) is 5.75 Å². The molecule has 0 bridgehead atoms. The lowest BCUT2D eigenvalue weighted by atomic mass is 10.4. The molecule has 11 heavy (non-hydrogen) atoms. The lowest BCUT2D eigenvalue weighted by molar-refractivity contribution is 0.192. The van der Waals surface area contributed by atoms with Gasteiger partial charge in [0.25, 0.3) is 0 Å². The van der Waals surface area contributed by atoms with Crippen LogP contribution in [0.3, 0.4) is 0 Å². The summed E-state index contributed by atoms with van der Waals surface area (Å²) >= 11 is 0. The monoisotopic (exact) mass is 181 g/mol. The van der Waals surface area contributed by atoms with E-state index in [1.807, 2.05) is 0 Å². The SMILES string of the molecule is C[C@H](O)CNCCS(C)(=O)=O. The molecular formula is C6H15NO3S. The van der Waals surface area contributed by atoms with Gasteiger partial charge in [0.1, 0.15) is 9.84 Å². The van der Waals surface area contributed by atoms with Crippen LogP contribution in [0.2, 0.25) is 0 Å². The van der Waals surface area contributed by atoms with E-state index in [4.69, 9.17) is 5.11 Å². The Labute approximate surface area is 67.5 Å². The van der Waals surface area contributed by atoms with Gasteiger partial charge in [0.05, 0.1) is 11.9 Å². The number of aliphatic hydroxyl groups is 1. The first kappa shape index (κ1) is 10.9. The van der Waals surface area contributed by atoms with E-state index in [0.717, 1.165) is 0 Å². The van der Waals surface area contributed by atoms with Gasteiger partial charge in [0.15, 0.2) is 0 Å². The van der Waals surface area contributed by atoms with Crippen molar-refractivity contribution < 1.29 is 13.5 Å². The average Bonchev–Trinajstić information content (AvgIpc) is 1.78. The van der Waals surface area contributed by atoms with Crippen LogP contribution >= 0.6 is 0 Å². The fourth-order valence-electron chi connectivity index (χ4n) is 0.569. The van der Waals surface area contributed by atoms with Gasteiger partial charge in [-0.2, -0.15) is 0 Å². The van der Waals surface area contributed by atoms with E-state index in [2.05, 4.69) is 5.32 Å². The molecule has 5 heteroatoms. The van der Waals surface area contributed by atoms with Gasteiger partial charge in [-0.3, -0.25) is 0 Å². The van der Waals surface area contributed by atoms with Gasteiger partial charge < -0.3 is 10.4 Å². The van der Waals surface area contributed by atoms with Crippen molar-refractivity contribution in [2.45, 2.75) is 13.0 Å². The van der Waals surface area contributed by atoms with Gasteiger partial charge in [-0.15, -0.1) is 0 Å². The van der Waals surface area contributed by atoms with Crippen molar-refractivity contribution in [3.8, 4) is 0 Å². The Balaban J connectivity index is 3.30. The highest BCUT2D eigenvalue weighted by Gasteiger charge is 2.00. The molecule has 2 N–H and O–H groups in total. The summed E-state index contributed by atoms with van der Waals surface area (Å²) in [5, 5.41) is 11.6. The highest BCUT2D eigenvalue weighted by Crippen LogP contribution is 1.80. The zero-order chi connectivity index (χ0) is 8.91. The number of nitrogens with one attached hydrogen (secondary N) is 1. The lowest BCUT2D eigenvalue weighted by Crippen LogP contribution is -2.28. The van der Waals surface area contributed by atoms with Gasteiger partial charge >= 0.3 is 0 Å². The second-order valence-corrected chi connectivity index (χ2v) is 4.94. The van der Waals surface area contributed by atoms with E-state index in [1.165, 1.54) is 6.26 Å². The summed E-state index contributed by atoms with van der Waals surface area (Å²) in [4.78, 5) is 0. The zero-order valence-corrected chi connectivity index (χ0v) is 7.69. The summed E-state index contributed by atoms with van der Waals surface area (Å²) < 4.78 is 21.1. The third-order valence-corrected chi connectivity index (χ3v) is 2.04. The van der Waals surface area contributed by atoms with E-state index >= 15 is 0 Å². The number of hydrogen-bond donors (Lipinski definition) is 2. The summed E-state index contributed by atoms with van der Waals surface area (Å²) in [6, 6.07) is 0. The third-order valence-electron chi connectivity index (χ3n) is 1.09. The molecule has 68 valence electrons. The minimum absolute atomic E-state index is 0.125. The average molecular weight is 181 g/mol. The quantitative estimate of drug-likeness (QED) is 0.534. The number of sulfone groups is 1. The van der Waals surface area contributed by atoms with Gasteiger partial charge in [-0.05, 0) is 6.92 Å². The Morgan fingerprint density at radius 1 is 1.55 bits per heavy atom. The molecule has 0 amide bonds. The molecule has 0 aliphatic rings. The Kier molecular flexibility index (Phi) is 4.63. The molecule has 0 fully saturated rings. The zero-order valence-electron chi connectivity index (χ0n) is 6.87. The summed E-state index contributed by atoms with van der Waals surface area (Å²) in [7, 11) is -2.87. The molecular weight excluding hydrogens is 166 g/mol. The van der Waals surface area contributed by atoms with E-state index in [9.17, 15) is 8.42 Å². The predicted octanol–water partition coefficient (Wildman–Crippen LogP) is -0.999. The Bertz CT molecular complexity index is 186. The van der Waals surface area contributed by atoms with Crippen LogP contribution in [0, 0.1) is 0 Å². The van der Waals surface area contributed by atoms with Crippen LogP contribution in [0.15, 0.2) is 0 Å². The van der Waals surface area contributed by atoms with Crippen molar-refractivity contribution in [1.29, 1.82) is 0 Å². The molecule has 0 aliphatic carbocycles. The summed E-state index contributed by atoms with van der Waals surface area (Å²) in [5.74, 6) is 0.125. The molecule has 0 heterocycles. The topological polar surface area (TPSA) is 66.4 Å². The number of hydrogen-bond acceptors (Lipinski definition) is 4. The predicted molar refractivity (Wildman–Crippen MR) is 44.3 cm³/mol. The fraction of sp³-hybridized carbons (Fsp3) is 1.00. The second-order valence-electron chi connectivity index (χ2n) is 2.68. The Hall–Kier alpha value is -0.130. The van der Waals surface area contributed by atoms with Gasteiger partial charge in [0, 0.05) is 19.3 Å². The van der Waals surface area contributed by atoms with Crippen LogP contribution in [0.25, 0.3) is 0 Å². The van der Waals surface area contributed by atoms with Crippen molar-refractivity contribution >= 4 is 9.84 Å². The molecule has 0 aromatic carbocycles. The minimum atomic E-state index is -2.87. The van der Waals surface area contributed by atoms with Gasteiger partial charge in [0.2, 0.25) is 0 Å². The number of rotatable bonds is 5. The molecule has 0 saturated carbocycles. The molecule has 4 nitrogen and oxygen atoms in total. The third kappa shape index (κ3) is 9.87. The summed E-state index contributed by atoms with van der Waals surface area (Å²) in [6.45, 7) is 2.49. The normalized spacial score (nSPS) is 14.8. The fourth-order valence-corrected chi connectivity index (χ4v) is 1.08. The summed E-state index contributed by atoms with van der Waals surface area (Å²) in [6.07, 6.45) is 0.770. The van der Waals surface area contributed by atoms with Crippen molar-refractivity contribution in [3.63, 3.8) is 0 Å². The first-order chi connectivity index (χ1) is 4.92. The van der Waals surface area contributed by atoms with Gasteiger partial charge in [-0.1, -0.05) is 0 Å². The van der Waals surface area contributed by atoms with Gasteiger partial charge in [-0.25, -0.2) is 8.42 Å². The Morgan fingerprint density at radius 3 is 2.45 bits per heavy atom. The maximum absolute atomic E-state index is 10.6. The van der Waals surface area contributed by atoms with Crippen molar-refractivity contribution in [2.75, 3.05) is 25.1 Å². The van der Waals surface area contributed by atoms with Crippen molar-refractivity contribution in [2.24, 2.45) is 0 Å². The Morgan fingerprint density at radius 2 is 2.09 bits per heavy atom. The van der Waals surface area contributed by atoms with E-state index in [1.54, 1.807) is 6.92 Å². The molecule has 0 saturated heterocycles. The first-order valence-corrected chi connectivity index (χ1v) is 5.54. The van der Waals surface area contributed by atoms with Crippen LogP contribution in [0.1, 0.15) is 6.92 Å². The molecule has 0 aromatic rings. The van der Waals surface area contributed by atoms with E-state index in [0.29, 0.717) is 13.1 Å². The maximum Gasteiger partial charge on any atom is 0.148 e. The standard InChI is InChI=1S/C6H15NO3S/c1-6(8)5-7-3-4-11(2,9)10/h6-8H,3-5H2,1-2H3/t6-/m0/s1. The molecule has 0 unspecified atom stereocenters. The first-order valence-electron chi connectivity index (χ1n) is 3.48. The molecule has 1 atom stereocenters. The van der Waals surface area contributed by atoms with Crippen LogP contribution in [-0.4, -0.2) is 44.7 Å². The lowest BCUT2D eigenvalue weighted by Gasteiger charge is -2.04. The highest BCUT2D eigenvalue weighted by molar-refractivity contribution is 7.90. The van der Waals surface area contributed by atoms with Crippen LogP contribution < -0.4 is 5.32 Å². The largest absolute Gasteiger partial charge is 0.392 e.